The molecule has 0 amide bonds. The Bertz CT molecular complexity index is 634. The zero-order chi connectivity index (χ0) is 14.7. The lowest BCUT2D eigenvalue weighted by molar-refractivity contribution is -0.384. The first-order valence-corrected chi connectivity index (χ1v) is 7.20. The van der Waals surface area contributed by atoms with E-state index in [0.29, 0.717) is 29.6 Å². The smallest absolute Gasteiger partial charge is 0.294 e. The van der Waals surface area contributed by atoms with Crippen LogP contribution in [0.15, 0.2) is 18.2 Å². The fourth-order valence-corrected chi connectivity index (χ4v) is 2.65. The average molecular weight is 290 g/mol. The molecule has 1 aromatic carbocycles. The van der Waals surface area contributed by atoms with Crippen molar-refractivity contribution in [3.63, 3.8) is 0 Å². The lowest BCUT2D eigenvalue weighted by Crippen LogP contribution is -2.30. The number of nitro benzene ring substituents is 1. The molecular weight excluding hydrogens is 272 g/mol. The molecule has 0 bridgehead atoms. The van der Waals surface area contributed by atoms with Gasteiger partial charge in [-0.1, -0.05) is 0 Å². The van der Waals surface area contributed by atoms with E-state index < -0.39 is 4.92 Å². The Balaban J connectivity index is 1.60. The van der Waals surface area contributed by atoms with E-state index in [1.54, 1.807) is 6.07 Å². The summed E-state index contributed by atoms with van der Waals surface area (Å²) in [5.74, 6) is 0.657. The largest absolute Gasteiger partial charge is 0.465 e. The normalized spacial score (nSPS) is 18.8. The second kappa shape index (κ2) is 6.09. The third kappa shape index (κ3) is 3.30. The highest BCUT2D eigenvalue weighted by atomic mass is 16.6. The summed E-state index contributed by atoms with van der Waals surface area (Å²) < 4.78 is 5.63. The number of piperidine rings is 1. The van der Waals surface area contributed by atoms with E-state index in [1.807, 2.05) is 0 Å². The van der Waals surface area contributed by atoms with Crippen LogP contribution in [0.5, 0.6) is 6.01 Å². The maximum Gasteiger partial charge on any atom is 0.294 e. The molecule has 0 spiro atoms. The summed E-state index contributed by atoms with van der Waals surface area (Å²) in [4.78, 5) is 17.6. The van der Waals surface area contributed by atoms with Crippen LogP contribution in [0.2, 0.25) is 0 Å². The number of non-ortho nitro benzene ring substituents is 1. The van der Waals surface area contributed by atoms with Gasteiger partial charge in [-0.2, -0.15) is 4.98 Å². The molecule has 7 heteroatoms. The molecule has 3 rings (SSSR count). The third-order valence-electron chi connectivity index (χ3n) is 3.82. The minimum Gasteiger partial charge on any atom is -0.465 e. The first kappa shape index (κ1) is 13.8. The molecule has 1 fully saturated rings. The lowest BCUT2D eigenvalue weighted by atomic mass is 9.97. The van der Waals surface area contributed by atoms with Gasteiger partial charge in [-0.05, 0) is 44.3 Å². The Kier molecular flexibility index (Phi) is 4.01. The molecule has 1 saturated heterocycles. The molecule has 21 heavy (non-hydrogen) atoms. The van der Waals surface area contributed by atoms with Crippen LogP contribution in [-0.4, -0.2) is 34.6 Å². The van der Waals surface area contributed by atoms with Gasteiger partial charge in [0.25, 0.3) is 11.7 Å². The number of aromatic amines is 1. The van der Waals surface area contributed by atoms with Gasteiger partial charge in [0.2, 0.25) is 0 Å². The summed E-state index contributed by atoms with van der Waals surface area (Å²) in [5.41, 5.74) is 1.35. The van der Waals surface area contributed by atoms with E-state index in [2.05, 4.69) is 15.3 Å². The number of fused-ring (bicyclic) bond motifs is 1. The summed E-state index contributed by atoms with van der Waals surface area (Å²) >= 11 is 0. The standard InChI is InChI=1S/C14H18N4O3/c19-18(20)11-3-4-12-13(8-11)17-14(16-12)21-7-5-10-2-1-6-15-9-10/h3-4,8,10,15H,1-2,5-7,9H2,(H,16,17)/t10-/m1/s1. The van der Waals surface area contributed by atoms with Gasteiger partial charge in [-0.15, -0.1) is 0 Å². The van der Waals surface area contributed by atoms with Crippen LogP contribution in [0.4, 0.5) is 5.69 Å². The highest BCUT2D eigenvalue weighted by Gasteiger charge is 2.14. The predicted octanol–water partition coefficient (Wildman–Crippen LogP) is 2.24. The van der Waals surface area contributed by atoms with Crippen molar-refractivity contribution in [3.05, 3.63) is 28.3 Å². The highest BCUT2D eigenvalue weighted by molar-refractivity contribution is 5.78. The molecule has 2 aromatic rings. The van der Waals surface area contributed by atoms with Crippen LogP contribution in [0.3, 0.4) is 0 Å². The number of ether oxygens (including phenoxy) is 1. The number of nitro groups is 1. The van der Waals surface area contributed by atoms with Crippen molar-refractivity contribution in [1.82, 2.24) is 15.3 Å². The average Bonchev–Trinajstić information content (AvgIpc) is 2.90. The Morgan fingerprint density at radius 3 is 3.14 bits per heavy atom. The number of hydrogen-bond acceptors (Lipinski definition) is 5. The predicted molar refractivity (Wildman–Crippen MR) is 78.5 cm³/mol. The fourth-order valence-electron chi connectivity index (χ4n) is 2.65. The number of nitrogens with one attached hydrogen (secondary N) is 2. The lowest BCUT2D eigenvalue weighted by Gasteiger charge is -2.22. The van der Waals surface area contributed by atoms with Gasteiger partial charge in [-0.3, -0.25) is 10.1 Å². The monoisotopic (exact) mass is 290 g/mol. The molecule has 1 aromatic heterocycles. The molecule has 7 nitrogen and oxygen atoms in total. The summed E-state index contributed by atoms with van der Waals surface area (Å²) in [7, 11) is 0. The SMILES string of the molecule is O=[N+]([O-])c1ccc2nc(OCC[C@H]3CCCNC3)[nH]c2c1. The van der Waals surface area contributed by atoms with Gasteiger partial charge >= 0.3 is 0 Å². The Labute approximate surface area is 121 Å². The number of hydrogen-bond donors (Lipinski definition) is 2. The molecule has 1 atom stereocenters. The molecule has 1 aliphatic rings. The number of imidazole rings is 1. The first-order valence-electron chi connectivity index (χ1n) is 7.20. The number of aromatic nitrogens is 2. The maximum absolute atomic E-state index is 10.7. The number of rotatable bonds is 5. The van der Waals surface area contributed by atoms with Gasteiger partial charge in [0.05, 0.1) is 22.6 Å². The summed E-state index contributed by atoms with van der Waals surface area (Å²) in [6.07, 6.45) is 3.45. The molecule has 1 aliphatic heterocycles. The van der Waals surface area contributed by atoms with Crippen molar-refractivity contribution in [2.45, 2.75) is 19.3 Å². The minimum absolute atomic E-state index is 0.0472. The van der Waals surface area contributed by atoms with Crippen LogP contribution in [0.1, 0.15) is 19.3 Å². The number of benzene rings is 1. The summed E-state index contributed by atoms with van der Waals surface area (Å²) in [5, 5.41) is 14.1. The molecule has 2 heterocycles. The minimum atomic E-state index is -0.420. The molecule has 0 unspecified atom stereocenters. The van der Waals surface area contributed by atoms with Crippen LogP contribution < -0.4 is 10.1 Å². The fraction of sp³-hybridized carbons (Fsp3) is 0.500. The van der Waals surface area contributed by atoms with Crippen LogP contribution >= 0.6 is 0 Å². The van der Waals surface area contributed by atoms with Crippen molar-refractivity contribution in [1.29, 1.82) is 0 Å². The third-order valence-corrected chi connectivity index (χ3v) is 3.82. The van der Waals surface area contributed by atoms with Gasteiger partial charge in [0, 0.05) is 12.1 Å². The second-order valence-electron chi connectivity index (χ2n) is 5.35. The van der Waals surface area contributed by atoms with Gasteiger partial charge in [0.1, 0.15) is 0 Å². The summed E-state index contributed by atoms with van der Waals surface area (Å²) in [6.45, 7) is 2.77. The van der Waals surface area contributed by atoms with Crippen LogP contribution in [0, 0.1) is 16.0 Å². The highest BCUT2D eigenvalue weighted by Crippen LogP contribution is 2.22. The van der Waals surface area contributed by atoms with Gasteiger partial charge in [-0.25, -0.2) is 0 Å². The van der Waals surface area contributed by atoms with Crippen LogP contribution in [-0.2, 0) is 0 Å². The Hall–Kier alpha value is -2.15. The van der Waals surface area contributed by atoms with E-state index in [4.69, 9.17) is 4.74 Å². The topological polar surface area (TPSA) is 93.1 Å². The van der Waals surface area contributed by atoms with E-state index >= 15 is 0 Å². The molecule has 112 valence electrons. The van der Waals surface area contributed by atoms with Crippen molar-refractivity contribution >= 4 is 16.7 Å². The molecule has 0 saturated carbocycles. The number of nitrogens with zero attached hydrogens (tertiary/aromatic N) is 2. The molecule has 2 N–H and O–H groups in total. The Morgan fingerprint density at radius 1 is 1.48 bits per heavy atom. The summed E-state index contributed by atoms with van der Waals surface area (Å²) in [6, 6.07) is 4.97. The van der Waals surface area contributed by atoms with Gasteiger partial charge in [0.15, 0.2) is 0 Å². The van der Waals surface area contributed by atoms with E-state index in [0.717, 1.165) is 19.5 Å². The second-order valence-corrected chi connectivity index (χ2v) is 5.35. The van der Waals surface area contributed by atoms with E-state index in [1.165, 1.54) is 25.0 Å². The quantitative estimate of drug-likeness (QED) is 0.650. The van der Waals surface area contributed by atoms with Crippen molar-refractivity contribution in [2.24, 2.45) is 5.92 Å². The maximum atomic E-state index is 10.7. The molecular formula is C14H18N4O3. The van der Waals surface area contributed by atoms with E-state index in [-0.39, 0.29) is 5.69 Å². The Morgan fingerprint density at radius 2 is 2.38 bits per heavy atom. The van der Waals surface area contributed by atoms with Crippen molar-refractivity contribution < 1.29 is 9.66 Å². The van der Waals surface area contributed by atoms with E-state index in [9.17, 15) is 10.1 Å². The zero-order valence-corrected chi connectivity index (χ0v) is 11.7. The molecule has 0 aliphatic carbocycles. The first-order chi connectivity index (χ1) is 10.2. The van der Waals surface area contributed by atoms with Crippen molar-refractivity contribution in [2.75, 3.05) is 19.7 Å². The molecule has 0 radical (unpaired) electrons. The van der Waals surface area contributed by atoms with Crippen molar-refractivity contribution in [3.8, 4) is 6.01 Å². The van der Waals surface area contributed by atoms with Crippen LogP contribution in [0.25, 0.3) is 11.0 Å². The zero-order valence-electron chi connectivity index (χ0n) is 11.7. The number of H-pyrrole nitrogens is 1. The van der Waals surface area contributed by atoms with Gasteiger partial charge < -0.3 is 15.0 Å².